The summed E-state index contributed by atoms with van der Waals surface area (Å²) in [5.74, 6) is 1.42. The third-order valence-electron chi connectivity index (χ3n) is 6.27. The molecule has 0 fully saturated rings. The maximum absolute atomic E-state index is 12.9. The molecule has 0 spiro atoms. The molecule has 0 aliphatic carbocycles. The van der Waals surface area contributed by atoms with Gasteiger partial charge in [-0.3, -0.25) is 14.6 Å². The van der Waals surface area contributed by atoms with Gasteiger partial charge in [-0.1, -0.05) is 12.1 Å². The molecule has 11 heteroatoms. The van der Waals surface area contributed by atoms with Gasteiger partial charge in [-0.15, -0.1) is 0 Å². The molecular formula is C27H23N7O4. The van der Waals surface area contributed by atoms with Crippen LogP contribution < -0.4 is 20.3 Å². The Balaban J connectivity index is 1.32. The van der Waals surface area contributed by atoms with Crippen LogP contribution in [0.15, 0.2) is 59.5 Å². The summed E-state index contributed by atoms with van der Waals surface area (Å²) in [6, 6.07) is 13.0. The molecule has 6 rings (SSSR count). The van der Waals surface area contributed by atoms with Crippen LogP contribution in [0.5, 0.6) is 11.5 Å². The van der Waals surface area contributed by atoms with Crippen LogP contribution in [0.1, 0.15) is 22.4 Å². The molecule has 0 unspecified atom stereocenters. The van der Waals surface area contributed by atoms with Gasteiger partial charge in [0.1, 0.15) is 11.2 Å². The minimum atomic E-state index is -0.382. The van der Waals surface area contributed by atoms with Crippen LogP contribution >= 0.6 is 0 Å². The fourth-order valence-corrected chi connectivity index (χ4v) is 4.16. The quantitative estimate of drug-likeness (QED) is 0.346. The van der Waals surface area contributed by atoms with Crippen molar-refractivity contribution in [3.8, 4) is 23.1 Å². The molecule has 1 aliphatic rings. The second-order valence-electron chi connectivity index (χ2n) is 8.97. The number of benzene rings is 2. The van der Waals surface area contributed by atoms with E-state index >= 15 is 0 Å². The number of hydrogen-bond acceptors (Lipinski definition) is 7. The number of nitrogens with zero attached hydrogens (tertiary/aromatic N) is 5. The van der Waals surface area contributed by atoms with Crippen LogP contribution in [0.2, 0.25) is 0 Å². The number of nitrogens with one attached hydrogen (secondary N) is 2. The van der Waals surface area contributed by atoms with Gasteiger partial charge in [0.15, 0.2) is 17.1 Å². The van der Waals surface area contributed by atoms with Crippen LogP contribution in [0.3, 0.4) is 0 Å². The lowest BCUT2D eigenvalue weighted by Crippen LogP contribution is -2.18. The summed E-state index contributed by atoms with van der Waals surface area (Å²) < 4.78 is 13.7. The largest absolute Gasteiger partial charge is 0.454 e. The van der Waals surface area contributed by atoms with Crippen LogP contribution in [0, 0.1) is 20.8 Å². The van der Waals surface area contributed by atoms with Crippen LogP contribution in [-0.4, -0.2) is 42.2 Å². The molecule has 4 heterocycles. The van der Waals surface area contributed by atoms with Crippen molar-refractivity contribution in [3.05, 3.63) is 87.5 Å². The number of carbonyl (C=O) groups is 1. The van der Waals surface area contributed by atoms with Gasteiger partial charge in [-0.25, -0.2) is 4.68 Å². The Morgan fingerprint density at radius 2 is 1.87 bits per heavy atom. The zero-order valence-electron chi connectivity index (χ0n) is 20.8. The van der Waals surface area contributed by atoms with Crippen LogP contribution in [-0.2, 0) is 4.79 Å². The Bertz CT molecular complexity index is 1810. The molecule has 1 amide bonds. The normalized spacial score (nSPS) is 12.5. The molecular weight excluding hydrogens is 486 g/mol. The van der Waals surface area contributed by atoms with E-state index in [4.69, 9.17) is 9.47 Å². The molecule has 0 saturated heterocycles. The van der Waals surface area contributed by atoms with Gasteiger partial charge in [0, 0.05) is 12.1 Å². The number of aryl methyl sites for hydroxylation is 3. The summed E-state index contributed by atoms with van der Waals surface area (Å²) in [5.41, 5.74) is 4.45. The lowest BCUT2D eigenvalue weighted by atomic mass is 10.1. The van der Waals surface area contributed by atoms with Crippen molar-refractivity contribution in [1.29, 1.82) is 0 Å². The van der Waals surface area contributed by atoms with E-state index in [1.165, 1.54) is 17.0 Å². The maximum Gasteiger partial charge on any atom is 0.263 e. The third-order valence-corrected chi connectivity index (χ3v) is 6.27. The molecule has 0 radical (unpaired) electrons. The van der Waals surface area contributed by atoms with E-state index in [-0.39, 0.29) is 24.2 Å². The summed E-state index contributed by atoms with van der Waals surface area (Å²) in [6.45, 7) is 6.00. The highest BCUT2D eigenvalue weighted by molar-refractivity contribution is 6.01. The predicted molar refractivity (Wildman–Crippen MR) is 141 cm³/mol. The first kappa shape index (κ1) is 23.2. The van der Waals surface area contributed by atoms with Gasteiger partial charge in [0.2, 0.25) is 18.6 Å². The highest BCUT2D eigenvalue weighted by Crippen LogP contribution is 2.32. The van der Waals surface area contributed by atoms with Crippen LogP contribution in [0.25, 0.3) is 28.7 Å². The van der Waals surface area contributed by atoms with Crippen molar-refractivity contribution in [2.45, 2.75) is 20.8 Å². The Hall–Kier alpha value is -5.19. The highest BCUT2D eigenvalue weighted by atomic mass is 16.7. The molecule has 3 aromatic heterocycles. The Morgan fingerprint density at radius 3 is 2.71 bits per heavy atom. The predicted octanol–water partition coefficient (Wildman–Crippen LogP) is 3.60. The Kier molecular flexibility index (Phi) is 5.52. The molecule has 38 heavy (non-hydrogen) atoms. The minimum Gasteiger partial charge on any atom is -0.454 e. The molecule has 5 aromatic rings. The molecule has 11 nitrogen and oxygen atoms in total. The standard InChI is InChI=1S/C27H23N7O4/c1-15-4-7-19(10-16(15)2)33-25-20(13-28-33)26(36)31-27(30-25)34-23(11-17(3)32-34)29-24(35)9-6-18-5-8-21-22(12-18)38-14-37-21/h4-13H,14H2,1-3H3,(H,29,35)(H,30,31,36)/b9-6-. The van der Waals surface area contributed by atoms with Crippen molar-refractivity contribution in [2.24, 2.45) is 0 Å². The number of amides is 1. The van der Waals surface area contributed by atoms with E-state index in [0.29, 0.717) is 34.0 Å². The second kappa shape index (κ2) is 9.04. The fourth-order valence-electron chi connectivity index (χ4n) is 4.16. The monoisotopic (exact) mass is 509 g/mol. The summed E-state index contributed by atoms with van der Waals surface area (Å²) in [6.07, 6.45) is 4.55. The Morgan fingerprint density at radius 1 is 1.03 bits per heavy atom. The van der Waals surface area contributed by atoms with Gasteiger partial charge < -0.3 is 14.8 Å². The second-order valence-corrected chi connectivity index (χ2v) is 8.97. The van der Waals surface area contributed by atoms with Crippen molar-refractivity contribution in [2.75, 3.05) is 12.1 Å². The van der Waals surface area contributed by atoms with Crippen molar-refractivity contribution < 1.29 is 14.3 Å². The zero-order valence-corrected chi connectivity index (χ0v) is 20.8. The first-order chi connectivity index (χ1) is 18.4. The van der Waals surface area contributed by atoms with E-state index in [9.17, 15) is 9.59 Å². The number of hydrogen-bond donors (Lipinski definition) is 2. The first-order valence-corrected chi connectivity index (χ1v) is 11.9. The number of aromatic nitrogens is 6. The third kappa shape index (κ3) is 4.19. The number of H-pyrrole nitrogens is 1. The molecule has 190 valence electrons. The van der Waals surface area contributed by atoms with Gasteiger partial charge in [-0.05, 0) is 67.8 Å². The summed E-state index contributed by atoms with van der Waals surface area (Å²) in [7, 11) is 0. The first-order valence-electron chi connectivity index (χ1n) is 11.9. The number of rotatable bonds is 5. The average molecular weight is 510 g/mol. The minimum absolute atomic E-state index is 0.149. The summed E-state index contributed by atoms with van der Waals surface area (Å²) in [4.78, 5) is 33.1. The average Bonchev–Trinajstić information content (AvgIpc) is 3.62. The molecule has 2 aromatic carbocycles. The number of carbonyl (C=O) groups excluding carboxylic acids is 1. The number of ether oxygens (including phenoxy) is 2. The van der Waals surface area contributed by atoms with Gasteiger partial charge in [-0.2, -0.15) is 19.9 Å². The van der Waals surface area contributed by atoms with Gasteiger partial charge in [0.05, 0.1) is 17.6 Å². The molecule has 0 saturated carbocycles. The van der Waals surface area contributed by atoms with E-state index in [0.717, 1.165) is 22.4 Å². The van der Waals surface area contributed by atoms with E-state index < -0.39 is 0 Å². The Labute approximate surface area is 216 Å². The summed E-state index contributed by atoms with van der Waals surface area (Å²) in [5, 5.41) is 12.0. The van der Waals surface area contributed by atoms with Crippen molar-refractivity contribution >= 4 is 28.8 Å². The van der Waals surface area contributed by atoms with Gasteiger partial charge in [0.25, 0.3) is 5.56 Å². The summed E-state index contributed by atoms with van der Waals surface area (Å²) >= 11 is 0. The van der Waals surface area contributed by atoms with Crippen molar-refractivity contribution in [1.82, 2.24) is 29.5 Å². The number of anilines is 1. The lowest BCUT2D eigenvalue weighted by Gasteiger charge is -2.09. The van der Waals surface area contributed by atoms with E-state index in [1.807, 2.05) is 38.1 Å². The van der Waals surface area contributed by atoms with E-state index in [2.05, 4.69) is 25.5 Å². The SMILES string of the molecule is Cc1cc(NC(=O)/C=C\c2ccc3c(c2)OCO3)n(-c2nc3c(cnn3-c3ccc(C)c(C)c3)c(=O)[nH]2)n1. The topological polar surface area (TPSA) is 129 Å². The smallest absolute Gasteiger partial charge is 0.263 e. The lowest BCUT2D eigenvalue weighted by molar-refractivity contribution is -0.111. The fraction of sp³-hybridized carbons (Fsp3) is 0.148. The van der Waals surface area contributed by atoms with Gasteiger partial charge >= 0.3 is 0 Å². The van der Waals surface area contributed by atoms with E-state index in [1.54, 1.807) is 35.9 Å². The molecule has 0 atom stereocenters. The van der Waals surface area contributed by atoms with Crippen molar-refractivity contribution in [3.63, 3.8) is 0 Å². The maximum atomic E-state index is 12.9. The number of aromatic amines is 1. The highest BCUT2D eigenvalue weighted by Gasteiger charge is 2.17. The zero-order chi connectivity index (χ0) is 26.4. The molecule has 1 aliphatic heterocycles. The number of fused-ring (bicyclic) bond motifs is 2. The molecule has 2 N–H and O–H groups in total. The van der Waals surface area contributed by atoms with Crippen LogP contribution in [0.4, 0.5) is 5.82 Å². The molecule has 0 bridgehead atoms.